The molecule has 0 nitrogen and oxygen atoms in total. The molecular formula is C3H2Cl2F3I. The molecule has 9 heavy (non-hydrogen) atoms. The van der Waals surface area contributed by atoms with Gasteiger partial charge in [-0.05, 0) is 11.6 Å². The quantitative estimate of drug-likeness (QED) is 0.542. The predicted molar refractivity (Wildman–Crippen MR) is 39.4 cm³/mol. The zero-order valence-electron chi connectivity index (χ0n) is 3.97. The molecule has 6 heteroatoms. The fourth-order valence-corrected chi connectivity index (χ4v) is 0.847. The third-order valence-electron chi connectivity index (χ3n) is 0.583. The molecule has 0 bridgehead atoms. The van der Waals surface area contributed by atoms with Gasteiger partial charge in [-0.1, -0.05) is 34.2 Å². The summed E-state index contributed by atoms with van der Waals surface area (Å²) in [5.74, 6) is 0. The van der Waals surface area contributed by atoms with E-state index < -0.39 is 14.9 Å². The van der Waals surface area contributed by atoms with Gasteiger partial charge in [0.1, 0.15) is 0 Å². The minimum atomic E-state index is -3.99. The highest BCUT2D eigenvalue weighted by Gasteiger charge is 2.51. The van der Waals surface area contributed by atoms with Crippen molar-refractivity contribution in [2.75, 3.05) is 4.43 Å². The summed E-state index contributed by atoms with van der Waals surface area (Å²) in [6, 6.07) is 0. The summed E-state index contributed by atoms with van der Waals surface area (Å²) in [6.45, 7) is 0. The van der Waals surface area contributed by atoms with Crippen LogP contribution in [0, 0.1) is 0 Å². The molecule has 0 aromatic carbocycles. The minimum Gasteiger partial charge on any atom is -0.217 e. The van der Waals surface area contributed by atoms with E-state index in [-0.39, 0.29) is 0 Å². The average molecular weight is 293 g/mol. The van der Waals surface area contributed by atoms with Gasteiger partial charge in [-0.25, -0.2) is 4.39 Å². The molecule has 0 radical (unpaired) electrons. The van der Waals surface area contributed by atoms with Crippen LogP contribution in [0.4, 0.5) is 13.2 Å². The van der Waals surface area contributed by atoms with Gasteiger partial charge in [0.15, 0.2) is 0 Å². The van der Waals surface area contributed by atoms with E-state index in [2.05, 4.69) is 23.2 Å². The van der Waals surface area contributed by atoms with Crippen molar-refractivity contribution in [1.29, 1.82) is 0 Å². The summed E-state index contributed by atoms with van der Waals surface area (Å²) < 4.78 is 35.2. The lowest BCUT2D eigenvalue weighted by Crippen LogP contribution is -2.35. The van der Waals surface area contributed by atoms with Gasteiger partial charge in [0.05, 0.1) is 4.43 Å². The fourth-order valence-electron chi connectivity index (χ4n) is 0.0758. The van der Waals surface area contributed by atoms with Crippen LogP contribution >= 0.6 is 45.8 Å². The number of hydrogen-bond acceptors (Lipinski definition) is 0. The third kappa shape index (κ3) is 2.67. The average Bonchev–Trinajstić information content (AvgIpc) is 1.64. The van der Waals surface area contributed by atoms with Crippen molar-refractivity contribution in [1.82, 2.24) is 0 Å². The molecule has 0 aliphatic carbocycles. The van der Waals surface area contributed by atoms with Crippen LogP contribution in [0.2, 0.25) is 0 Å². The normalized spacial score (nSPS) is 19.3. The maximum Gasteiger partial charge on any atom is 0.369 e. The maximum atomic E-state index is 12.2. The molecule has 1 atom stereocenters. The van der Waals surface area contributed by atoms with Crippen LogP contribution in [0.5, 0.6) is 0 Å². The van der Waals surface area contributed by atoms with E-state index in [9.17, 15) is 13.2 Å². The Kier molecular flexibility index (Phi) is 3.37. The molecule has 0 aliphatic heterocycles. The second-order valence-corrected chi connectivity index (χ2v) is 3.17. The molecule has 0 saturated carbocycles. The predicted octanol–water partition coefficient (Wildman–Crippen LogP) is 3.16. The Balaban J connectivity index is 4.14. The first kappa shape index (κ1) is 10.1. The van der Waals surface area contributed by atoms with E-state index in [1.54, 1.807) is 0 Å². The molecule has 0 heterocycles. The zero-order chi connectivity index (χ0) is 7.71. The molecule has 0 aromatic rings. The molecule has 0 spiro atoms. The fraction of sp³-hybridized carbons (Fsp3) is 1.00. The smallest absolute Gasteiger partial charge is 0.217 e. The third-order valence-corrected chi connectivity index (χ3v) is 2.85. The van der Waals surface area contributed by atoms with E-state index in [1.165, 1.54) is 22.6 Å². The first-order chi connectivity index (χ1) is 3.81. The summed E-state index contributed by atoms with van der Waals surface area (Å²) in [5, 5.41) is -7.12. The summed E-state index contributed by atoms with van der Waals surface area (Å²) in [6.07, 6.45) is 0. The van der Waals surface area contributed by atoms with Crippen LogP contribution in [0.3, 0.4) is 0 Å². The van der Waals surface area contributed by atoms with Crippen LogP contribution in [-0.4, -0.2) is 14.9 Å². The van der Waals surface area contributed by atoms with Gasteiger partial charge in [0, 0.05) is 0 Å². The first-order valence-corrected chi connectivity index (χ1v) is 4.10. The van der Waals surface area contributed by atoms with Crippen molar-refractivity contribution in [3.8, 4) is 0 Å². The van der Waals surface area contributed by atoms with Crippen LogP contribution in [0.1, 0.15) is 0 Å². The lowest BCUT2D eigenvalue weighted by atomic mass is 10.4. The summed E-state index contributed by atoms with van der Waals surface area (Å²) in [7, 11) is 0. The van der Waals surface area contributed by atoms with Gasteiger partial charge < -0.3 is 0 Å². The first-order valence-electron chi connectivity index (χ1n) is 1.82. The van der Waals surface area contributed by atoms with Crippen LogP contribution in [0.25, 0.3) is 0 Å². The molecule has 56 valence electrons. The second-order valence-electron chi connectivity index (χ2n) is 1.34. The SMILES string of the molecule is FC(F)(Cl)C(F)(Cl)CI. The monoisotopic (exact) mass is 292 g/mol. The number of rotatable bonds is 2. The molecule has 0 aliphatic rings. The standard InChI is InChI=1S/C3H2Cl2F3I/c4-2(6,1-9)3(5,7)8/h1H2. The highest BCUT2D eigenvalue weighted by Crippen LogP contribution is 2.40. The lowest BCUT2D eigenvalue weighted by molar-refractivity contribution is -0.00507. The Hall–Kier alpha value is 1.10. The van der Waals surface area contributed by atoms with Crippen molar-refractivity contribution < 1.29 is 13.2 Å². The highest BCUT2D eigenvalue weighted by atomic mass is 127. The maximum absolute atomic E-state index is 12.2. The van der Waals surface area contributed by atoms with Crippen molar-refractivity contribution in [2.24, 2.45) is 0 Å². The molecule has 0 N–H and O–H groups in total. The van der Waals surface area contributed by atoms with Crippen LogP contribution < -0.4 is 0 Å². The van der Waals surface area contributed by atoms with E-state index in [1.807, 2.05) is 0 Å². The molecule has 0 aromatic heterocycles. The van der Waals surface area contributed by atoms with Crippen LogP contribution in [-0.2, 0) is 0 Å². The van der Waals surface area contributed by atoms with Crippen molar-refractivity contribution in [2.45, 2.75) is 10.5 Å². The molecule has 0 fully saturated rings. The Morgan fingerprint density at radius 1 is 1.22 bits per heavy atom. The lowest BCUT2D eigenvalue weighted by Gasteiger charge is -2.19. The topological polar surface area (TPSA) is 0 Å². The van der Waals surface area contributed by atoms with Gasteiger partial charge in [-0.15, -0.1) is 0 Å². The number of hydrogen-bond donors (Lipinski definition) is 0. The minimum absolute atomic E-state index is 0.553. The summed E-state index contributed by atoms with van der Waals surface area (Å²) in [5.41, 5.74) is 0. The largest absolute Gasteiger partial charge is 0.369 e. The number of alkyl halides is 6. The Morgan fingerprint density at radius 3 is 1.56 bits per heavy atom. The van der Waals surface area contributed by atoms with Crippen molar-refractivity contribution >= 4 is 45.8 Å². The second kappa shape index (κ2) is 3.00. The van der Waals surface area contributed by atoms with Crippen molar-refractivity contribution in [3.05, 3.63) is 0 Å². The molecular weight excluding hydrogens is 291 g/mol. The zero-order valence-corrected chi connectivity index (χ0v) is 7.64. The molecule has 0 rings (SSSR count). The van der Waals surface area contributed by atoms with E-state index in [0.717, 1.165) is 0 Å². The summed E-state index contributed by atoms with van der Waals surface area (Å²) in [4.78, 5) is 0. The van der Waals surface area contributed by atoms with Gasteiger partial charge in [-0.2, -0.15) is 8.78 Å². The van der Waals surface area contributed by atoms with Gasteiger partial charge in [0.2, 0.25) is 0 Å². The molecule has 0 saturated heterocycles. The Morgan fingerprint density at radius 2 is 1.56 bits per heavy atom. The highest BCUT2D eigenvalue weighted by molar-refractivity contribution is 14.1. The Labute approximate surface area is 73.8 Å². The van der Waals surface area contributed by atoms with Gasteiger partial charge in [-0.3, -0.25) is 0 Å². The van der Waals surface area contributed by atoms with E-state index >= 15 is 0 Å². The number of halogens is 6. The molecule has 0 amide bonds. The van der Waals surface area contributed by atoms with Crippen molar-refractivity contribution in [3.63, 3.8) is 0 Å². The van der Waals surface area contributed by atoms with E-state index in [4.69, 9.17) is 0 Å². The van der Waals surface area contributed by atoms with E-state index in [0.29, 0.717) is 0 Å². The molecule has 1 unspecified atom stereocenters. The summed E-state index contributed by atoms with van der Waals surface area (Å²) >= 11 is 10.3. The van der Waals surface area contributed by atoms with Gasteiger partial charge >= 0.3 is 5.38 Å². The van der Waals surface area contributed by atoms with Gasteiger partial charge in [0.25, 0.3) is 5.13 Å². The van der Waals surface area contributed by atoms with Crippen LogP contribution in [0.15, 0.2) is 0 Å². The Bertz CT molecular complexity index is 99.7.